The van der Waals surface area contributed by atoms with E-state index in [1.165, 1.54) is 0 Å². The first-order valence-corrected chi connectivity index (χ1v) is 30.0. The van der Waals surface area contributed by atoms with E-state index in [0.717, 1.165) is 99.8 Å². The summed E-state index contributed by atoms with van der Waals surface area (Å²) in [7, 11) is 0. The Morgan fingerprint density at radius 3 is 1.20 bits per heavy atom. The Hall–Kier alpha value is -11.7. The van der Waals surface area contributed by atoms with Crippen LogP contribution in [0.5, 0.6) is 0 Å². The first kappa shape index (κ1) is 37.1. The molecular weight excluding hydrogens is 1090 g/mol. The smallest absolute Gasteiger partial charge is 0.247 e. The van der Waals surface area contributed by atoms with Crippen LogP contribution in [-0.2, 0) is 5.41 Å². The van der Waals surface area contributed by atoms with Crippen molar-refractivity contribution in [3.05, 3.63) is 356 Å². The van der Waals surface area contributed by atoms with Gasteiger partial charge in [-0.3, -0.25) is 0 Å². The predicted octanol–water partition coefficient (Wildman–Crippen LogP) is 19.3. The molecule has 3 aromatic heterocycles. The van der Waals surface area contributed by atoms with Gasteiger partial charge in [-0.15, -0.1) is 0 Å². The van der Waals surface area contributed by atoms with Crippen LogP contribution in [-0.4, -0.2) is 20.4 Å². The molecular formula is C85H55BN4. The van der Waals surface area contributed by atoms with Crippen molar-refractivity contribution >= 4 is 106 Å². The Labute approximate surface area is 544 Å². The van der Waals surface area contributed by atoms with Crippen LogP contribution in [0.2, 0.25) is 0 Å². The zero-order valence-electron chi connectivity index (χ0n) is 63.9. The van der Waals surface area contributed by atoms with Crippen LogP contribution in [0.4, 0.5) is 17.1 Å². The zero-order chi connectivity index (χ0) is 72.9. The normalized spacial score (nSPS) is 15.6. The van der Waals surface area contributed by atoms with Crippen LogP contribution >= 0.6 is 0 Å². The molecule has 17 aromatic rings. The molecule has 5 heterocycles. The summed E-state index contributed by atoms with van der Waals surface area (Å²) in [5.41, 5.74) is 12.9. The van der Waals surface area contributed by atoms with Crippen molar-refractivity contribution in [3.63, 3.8) is 0 Å². The summed E-state index contributed by atoms with van der Waals surface area (Å²) < 4.78 is 156. The fraction of sp³-hybridized carbons (Fsp3) is 0.0118. The van der Waals surface area contributed by atoms with Gasteiger partial charge in [-0.25, -0.2) is 0 Å². The molecule has 0 spiro atoms. The molecule has 19 rings (SSSR count). The maximum Gasteiger partial charge on any atom is 0.247 e. The lowest BCUT2D eigenvalue weighted by atomic mass is 9.29. The quantitative estimate of drug-likeness (QED) is 0.139. The Morgan fingerprint density at radius 1 is 0.300 bits per heavy atom. The number of para-hydroxylation sites is 7. The van der Waals surface area contributed by atoms with E-state index in [1.54, 1.807) is 9.13 Å². The third kappa shape index (κ3) is 7.14. The van der Waals surface area contributed by atoms with Gasteiger partial charge < -0.3 is 18.6 Å². The van der Waals surface area contributed by atoms with Gasteiger partial charge in [0.25, 0.3) is 0 Å². The second-order valence-corrected chi connectivity index (χ2v) is 23.1. The topological polar surface area (TPSA) is 18.0 Å². The fourth-order valence-corrected chi connectivity index (χ4v) is 15.1. The van der Waals surface area contributed by atoms with Gasteiger partial charge in [-0.05, 0) is 117 Å². The van der Waals surface area contributed by atoms with Crippen molar-refractivity contribution in [2.24, 2.45) is 0 Å². The number of hydrogen-bond donors (Lipinski definition) is 0. The van der Waals surface area contributed by atoms with E-state index >= 15 is 0 Å². The number of aromatic nitrogens is 3. The van der Waals surface area contributed by atoms with Gasteiger partial charge in [0.1, 0.15) is 0 Å². The largest absolute Gasteiger partial charge is 0.310 e. The van der Waals surface area contributed by atoms with E-state index in [0.29, 0.717) is 17.1 Å². The van der Waals surface area contributed by atoms with E-state index < -0.39 is 109 Å². The Morgan fingerprint density at radius 2 is 0.700 bits per heavy atom. The Bertz CT molecular complexity index is 6430. The van der Waals surface area contributed by atoms with Crippen LogP contribution < -0.4 is 21.3 Å². The number of rotatable bonds is 8. The molecule has 418 valence electrons. The van der Waals surface area contributed by atoms with Crippen LogP contribution in [0.15, 0.2) is 333 Å². The minimum Gasteiger partial charge on any atom is -0.310 e. The van der Waals surface area contributed by atoms with Gasteiger partial charge in [0.2, 0.25) is 6.71 Å². The van der Waals surface area contributed by atoms with Crippen molar-refractivity contribution < 1.29 is 21.9 Å². The van der Waals surface area contributed by atoms with Gasteiger partial charge >= 0.3 is 0 Å². The number of benzene rings is 14. The molecule has 0 bridgehead atoms. The lowest BCUT2D eigenvalue weighted by molar-refractivity contribution is 0.749. The van der Waals surface area contributed by atoms with Crippen molar-refractivity contribution in [2.75, 3.05) is 4.90 Å². The van der Waals surface area contributed by atoms with E-state index in [-0.39, 0.29) is 43.6 Å². The molecule has 14 aromatic carbocycles. The summed E-state index contributed by atoms with van der Waals surface area (Å²) in [6.07, 6.45) is 0. The molecule has 0 fully saturated rings. The van der Waals surface area contributed by atoms with E-state index in [9.17, 15) is 16.4 Å². The molecule has 0 N–H and O–H groups in total. The molecule has 90 heavy (non-hydrogen) atoms. The van der Waals surface area contributed by atoms with Gasteiger partial charge in [-0.2, -0.15) is 0 Å². The summed E-state index contributed by atoms with van der Waals surface area (Å²) in [6, 6.07) is 71.8. The van der Waals surface area contributed by atoms with E-state index in [2.05, 4.69) is 113 Å². The SMILES string of the molecule is [2H]c1c([2H])c([2H])c2c(c1[2H])c1c([2H])c([2H])c([2H])c([2H])c1n2-c1ccc2c(c1)N(c1c(-c3ccccc3)cccc1-c1ccccc1)c1cc(-n3c4ccccc4c4ccccc43)cc3c1B2c1ccc(-n2c4c([2H])c([2H])c([2H])c([2H])c4c4c([2H])c([2H])c([2H])c([2H])c42)cc1C3(c1ccccc1)c1ccccc1. The summed E-state index contributed by atoms with van der Waals surface area (Å²) in [6.45, 7) is -0.744. The van der Waals surface area contributed by atoms with Crippen LogP contribution in [0.1, 0.15) is 44.2 Å². The van der Waals surface area contributed by atoms with E-state index in [1.807, 2.05) is 133 Å². The third-order valence-electron chi connectivity index (χ3n) is 18.7. The molecule has 0 radical (unpaired) electrons. The van der Waals surface area contributed by atoms with Crippen molar-refractivity contribution in [2.45, 2.75) is 5.41 Å². The summed E-state index contributed by atoms with van der Waals surface area (Å²) in [5, 5.41) is 1.74. The van der Waals surface area contributed by atoms with Gasteiger partial charge in [0.05, 0.1) is 66.1 Å². The Kier molecular flexibility index (Phi) is 8.12. The molecule has 4 nitrogen and oxygen atoms in total. The molecule has 2 aliphatic heterocycles. The molecule has 5 heteroatoms. The summed E-state index contributed by atoms with van der Waals surface area (Å²) in [4.78, 5) is 2.31. The van der Waals surface area contributed by atoms with Crippen LogP contribution in [0, 0.1) is 0 Å². The monoisotopic (exact) mass is 1160 g/mol. The minimum absolute atomic E-state index is 0.0395. The fourth-order valence-electron chi connectivity index (χ4n) is 15.1. The average molecular weight is 1160 g/mol. The highest BCUT2D eigenvalue weighted by Crippen LogP contribution is 2.54. The second-order valence-electron chi connectivity index (χ2n) is 23.1. The number of hydrogen-bond acceptors (Lipinski definition) is 1. The first-order valence-electron chi connectivity index (χ1n) is 38.0. The van der Waals surface area contributed by atoms with Crippen molar-refractivity contribution in [3.8, 4) is 39.3 Å². The van der Waals surface area contributed by atoms with Gasteiger partial charge in [-0.1, -0.05) is 266 Å². The van der Waals surface area contributed by atoms with Gasteiger partial charge in [0, 0.05) is 71.9 Å². The maximum atomic E-state index is 9.79. The summed E-state index contributed by atoms with van der Waals surface area (Å²) in [5.74, 6) is 0. The highest BCUT2D eigenvalue weighted by Gasteiger charge is 2.52. The summed E-state index contributed by atoms with van der Waals surface area (Å²) >= 11 is 0. The van der Waals surface area contributed by atoms with Crippen molar-refractivity contribution in [1.29, 1.82) is 0 Å². The molecule has 0 unspecified atom stereocenters. The maximum absolute atomic E-state index is 9.79. The third-order valence-corrected chi connectivity index (χ3v) is 18.7. The first-order chi connectivity index (χ1) is 51.3. The number of fused-ring (bicyclic) bond motifs is 13. The molecule has 0 saturated heterocycles. The molecule has 0 saturated carbocycles. The average Bonchev–Trinajstić information content (AvgIpc) is 0.702. The molecule has 0 amide bonds. The lowest BCUT2D eigenvalue weighted by Gasteiger charge is -2.49. The highest BCUT2D eigenvalue weighted by molar-refractivity contribution is 6.99. The van der Waals surface area contributed by atoms with Crippen LogP contribution in [0.25, 0.3) is 105 Å². The second kappa shape index (κ2) is 19.7. The number of anilines is 3. The number of nitrogens with zero attached hydrogens (tertiary/aromatic N) is 4. The lowest BCUT2D eigenvalue weighted by Crippen LogP contribution is -2.65. The molecule has 0 aliphatic carbocycles. The standard InChI is InChI=1S/C85H55BN4/c1-5-26-56(27-6-1)63-40-25-41-64(57-28-7-2-8-29-57)84(63)90-81-54-61(88-77-44-21-15-36-67(77)68-37-16-22-45-78(68)88)49-51-74(81)86-73-50-48-60(87-75-42-19-13-34-65(75)66-35-14-20-43-76(66)87)52-71(73)85(58-30-9-3-10-31-58,59-32-11-4-12-33-59)72-53-62(55-82(90)83(72)86)89-79-46-23-17-38-69(79)70-39-18-24-47-80(70)89/h1-55H/i13D,14D,15D,16D,19D,20D,21D,22D,34D,35D,36D,37D,42D,43D,44D,45D. The predicted molar refractivity (Wildman–Crippen MR) is 378 cm³/mol. The van der Waals surface area contributed by atoms with Gasteiger partial charge in [0.15, 0.2) is 0 Å². The van der Waals surface area contributed by atoms with Crippen molar-refractivity contribution in [1.82, 2.24) is 13.7 Å². The Balaban J connectivity index is 1.05. The molecule has 2 aliphatic rings. The van der Waals surface area contributed by atoms with Crippen LogP contribution in [0.3, 0.4) is 0 Å². The zero-order valence-corrected chi connectivity index (χ0v) is 47.9. The van der Waals surface area contributed by atoms with E-state index in [4.69, 9.17) is 5.48 Å². The molecule has 0 atom stereocenters. The minimum atomic E-state index is -1.36. The highest BCUT2D eigenvalue weighted by atomic mass is 15.2.